The summed E-state index contributed by atoms with van der Waals surface area (Å²) in [6, 6.07) is 1.61. The molecule has 0 fully saturated rings. The monoisotopic (exact) mass is 209 g/mol. The van der Waals surface area contributed by atoms with Crippen molar-refractivity contribution in [2.45, 2.75) is 46.6 Å². The number of unbranched alkanes of at least 4 members (excludes halogenated alkanes) is 1. The standard InChI is InChI=1S/C12H19NO2/c1-4-6-7-10-9(3)8-11(14)13(5-2)12(10)15/h8,15H,4-7H2,1-3H3. The number of hydrogen-bond donors (Lipinski definition) is 1. The highest BCUT2D eigenvalue weighted by Gasteiger charge is 2.10. The molecule has 15 heavy (non-hydrogen) atoms. The lowest BCUT2D eigenvalue weighted by Gasteiger charge is -2.12. The Bertz CT molecular complexity index is 393. The van der Waals surface area contributed by atoms with Crippen LogP contribution < -0.4 is 5.56 Å². The van der Waals surface area contributed by atoms with Gasteiger partial charge in [0, 0.05) is 18.2 Å². The molecule has 0 saturated carbocycles. The van der Waals surface area contributed by atoms with Gasteiger partial charge in [-0.1, -0.05) is 13.3 Å². The van der Waals surface area contributed by atoms with Crippen molar-refractivity contribution in [1.82, 2.24) is 4.57 Å². The summed E-state index contributed by atoms with van der Waals surface area (Å²) in [5, 5.41) is 9.94. The van der Waals surface area contributed by atoms with Gasteiger partial charge in [-0.25, -0.2) is 0 Å². The van der Waals surface area contributed by atoms with E-state index in [1.807, 2.05) is 13.8 Å². The van der Waals surface area contributed by atoms with Gasteiger partial charge in [0.1, 0.15) is 0 Å². The van der Waals surface area contributed by atoms with Crippen LogP contribution in [-0.4, -0.2) is 9.67 Å². The minimum atomic E-state index is -0.118. The van der Waals surface area contributed by atoms with E-state index in [2.05, 4.69) is 6.92 Å². The van der Waals surface area contributed by atoms with Crippen LogP contribution in [0.4, 0.5) is 0 Å². The summed E-state index contributed by atoms with van der Waals surface area (Å²) < 4.78 is 1.41. The third-order valence-corrected chi connectivity index (χ3v) is 2.70. The Kier molecular flexibility index (Phi) is 3.95. The first-order chi connectivity index (χ1) is 7.11. The van der Waals surface area contributed by atoms with Gasteiger partial charge in [-0.15, -0.1) is 0 Å². The van der Waals surface area contributed by atoms with E-state index in [1.54, 1.807) is 6.07 Å². The van der Waals surface area contributed by atoms with Crippen LogP contribution in [0, 0.1) is 6.92 Å². The molecule has 0 atom stereocenters. The molecule has 0 aromatic carbocycles. The van der Waals surface area contributed by atoms with Crippen molar-refractivity contribution >= 4 is 0 Å². The molecule has 0 radical (unpaired) electrons. The van der Waals surface area contributed by atoms with Crippen molar-refractivity contribution in [3.63, 3.8) is 0 Å². The van der Waals surface area contributed by atoms with Crippen molar-refractivity contribution in [3.8, 4) is 5.88 Å². The quantitative estimate of drug-likeness (QED) is 0.826. The maximum atomic E-state index is 11.5. The van der Waals surface area contributed by atoms with E-state index in [0.29, 0.717) is 6.54 Å². The first-order valence-electron chi connectivity index (χ1n) is 5.54. The van der Waals surface area contributed by atoms with Gasteiger partial charge < -0.3 is 5.11 Å². The second kappa shape index (κ2) is 5.01. The first-order valence-corrected chi connectivity index (χ1v) is 5.54. The van der Waals surface area contributed by atoms with Gasteiger partial charge in [-0.05, 0) is 32.3 Å². The summed E-state index contributed by atoms with van der Waals surface area (Å²) in [7, 11) is 0. The van der Waals surface area contributed by atoms with Gasteiger partial charge in [-0.3, -0.25) is 9.36 Å². The maximum Gasteiger partial charge on any atom is 0.253 e. The van der Waals surface area contributed by atoms with Crippen molar-refractivity contribution in [2.24, 2.45) is 0 Å². The van der Waals surface area contributed by atoms with Crippen molar-refractivity contribution < 1.29 is 5.11 Å². The summed E-state index contributed by atoms with van der Waals surface area (Å²) in [5.74, 6) is 0.149. The number of nitrogens with zero attached hydrogens (tertiary/aromatic N) is 1. The van der Waals surface area contributed by atoms with Crippen LogP contribution in [0.15, 0.2) is 10.9 Å². The number of aromatic hydroxyl groups is 1. The van der Waals surface area contributed by atoms with Crippen LogP contribution in [0.1, 0.15) is 37.8 Å². The second-order valence-corrected chi connectivity index (χ2v) is 3.82. The fourth-order valence-electron chi connectivity index (χ4n) is 1.76. The average molecular weight is 209 g/mol. The number of pyridine rings is 1. The number of rotatable bonds is 4. The Hall–Kier alpha value is -1.25. The van der Waals surface area contributed by atoms with Crippen molar-refractivity contribution in [3.05, 3.63) is 27.5 Å². The molecule has 1 N–H and O–H groups in total. The Morgan fingerprint density at radius 1 is 1.40 bits per heavy atom. The fourth-order valence-corrected chi connectivity index (χ4v) is 1.76. The molecule has 1 rings (SSSR count). The molecule has 0 aliphatic heterocycles. The van der Waals surface area contributed by atoms with Gasteiger partial charge in [0.05, 0.1) is 0 Å². The number of aromatic nitrogens is 1. The van der Waals surface area contributed by atoms with E-state index in [1.165, 1.54) is 4.57 Å². The molecule has 0 aliphatic carbocycles. The molecule has 84 valence electrons. The molecule has 0 bridgehead atoms. The highest BCUT2D eigenvalue weighted by Crippen LogP contribution is 2.20. The first kappa shape index (κ1) is 11.8. The molecule has 0 aliphatic rings. The predicted molar refractivity (Wildman–Crippen MR) is 61.4 cm³/mol. The summed E-state index contributed by atoms with van der Waals surface area (Å²) in [6.45, 7) is 6.37. The van der Waals surface area contributed by atoms with Crippen molar-refractivity contribution in [1.29, 1.82) is 0 Å². The third-order valence-electron chi connectivity index (χ3n) is 2.70. The van der Waals surface area contributed by atoms with Crippen molar-refractivity contribution in [2.75, 3.05) is 0 Å². The molecule has 3 heteroatoms. The van der Waals surface area contributed by atoms with Gasteiger partial charge in [0.25, 0.3) is 5.56 Å². The molecule has 3 nitrogen and oxygen atoms in total. The molecular weight excluding hydrogens is 190 g/mol. The Morgan fingerprint density at radius 3 is 2.60 bits per heavy atom. The van der Waals surface area contributed by atoms with Crippen LogP contribution in [0.2, 0.25) is 0 Å². The normalized spacial score (nSPS) is 10.6. The SMILES string of the molecule is CCCCc1c(C)cc(=O)n(CC)c1O. The zero-order valence-electron chi connectivity index (χ0n) is 9.71. The summed E-state index contributed by atoms with van der Waals surface area (Å²) in [5.41, 5.74) is 1.70. The zero-order valence-corrected chi connectivity index (χ0v) is 9.71. The van der Waals surface area contributed by atoms with E-state index >= 15 is 0 Å². The predicted octanol–water partition coefficient (Wildman–Crippen LogP) is 2.22. The molecule has 0 spiro atoms. The van der Waals surface area contributed by atoms with E-state index in [0.717, 1.165) is 30.4 Å². The Morgan fingerprint density at radius 2 is 2.07 bits per heavy atom. The Labute approximate surface area is 90.4 Å². The Balaban J connectivity index is 3.20. The van der Waals surface area contributed by atoms with E-state index < -0.39 is 0 Å². The summed E-state index contributed by atoms with van der Waals surface area (Å²) >= 11 is 0. The lowest BCUT2D eigenvalue weighted by molar-refractivity contribution is 0.402. The minimum absolute atomic E-state index is 0.118. The van der Waals surface area contributed by atoms with Gasteiger partial charge >= 0.3 is 0 Å². The third kappa shape index (κ3) is 2.41. The molecule has 1 aromatic heterocycles. The van der Waals surface area contributed by atoms with Crippen LogP contribution in [0.3, 0.4) is 0 Å². The largest absolute Gasteiger partial charge is 0.494 e. The molecule has 0 saturated heterocycles. The van der Waals surface area contributed by atoms with Crippen LogP contribution in [0.25, 0.3) is 0 Å². The molecule has 1 aromatic rings. The highest BCUT2D eigenvalue weighted by molar-refractivity contribution is 5.33. The van der Waals surface area contributed by atoms with E-state index in [-0.39, 0.29) is 11.4 Å². The van der Waals surface area contributed by atoms with Crippen LogP contribution in [-0.2, 0) is 13.0 Å². The molecule has 0 unspecified atom stereocenters. The molecule has 0 amide bonds. The fraction of sp³-hybridized carbons (Fsp3) is 0.583. The topological polar surface area (TPSA) is 42.2 Å². The highest BCUT2D eigenvalue weighted by atomic mass is 16.3. The summed E-state index contributed by atoms with van der Waals surface area (Å²) in [6.07, 6.45) is 2.97. The smallest absolute Gasteiger partial charge is 0.253 e. The molecular formula is C12H19NO2. The number of hydrogen-bond acceptors (Lipinski definition) is 2. The van der Waals surface area contributed by atoms with Gasteiger partial charge in [0.2, 0.25) is 0 Å². The zero-order chi connectivity index (χ0) is 11.4. The lowest BCUT2D eigenvalue weighted by atomic mass is 10.0. The molecule has 1 heterocycles. The van der Waals surface area contributed by atoms with E-state index in [4.69, 9.17) is 0 Å². The van der Waals surface area contributed by atoms with Crippen LogP contribution >= 0.6 is 0 Å². The average Bonchev–Trinajstić information content (AvgIpc) is 2.17. The summed E-state index contributed by atoms with van der Waals surface area (Å²) in [4.78, 5) is 11.5. The van der Waals surface area contributed by atoms with Crippen LogP contribution in [0.5, 0.6) is 5.88 Å². The second-order valence-electron chi connectivity index (χ2n) is 3.82. The maximum absolute atomic E-state index is 11.5. The van der Waals surface area contributed by atoms with E-state index in [9.17, 15) is 9.90 Å². The number of aryl methyl sites for hydroxylation is 1. The van der Waals surface area contributed by atoms with Gasteiger partial charge in [0.15, 0.2) is 5.88 Å². The van der Waals surface area contributed by atoms with Gasteiger partial charge in [-0.2, -0.15) is 0 Å². The lowest BCUT2D eigenvalue weighted by Crippen LogP contribution is -2.20. The minimum Gasteiger partial charge on any atom is -0.494 e.